The number of fused-ring (bicyclic) bond motifs is 1. The van der Waals surface area contributed by atoms with Crippen LogP contribution in [0.4, 0.5) is 0 Å². The molecule has 1 aliphatic rings. The lowest BCUT2D eigenvalue weighted by molar-refractivity contribution is 0.0911. The first-order valence-corrected chi connectivity index (χ1v) is 8.08. The van der Waals surface area contributed by atoms with E-state index in [0.29, 0.717) is 6.42 Å². The van der Waals surface area contributed by atoms with E-state index in [2.05, 4.69) is 60.3 Å². The highest BCUT2D eigenvalue weighted by Crippen LogP contribution is 2.37. The van der Waals surface area contributed by atoms with Gasteiger partial charge in [0.1, 0.15) is 0 Å². The van der Waals surface area contributed by atoms with Crippen LogP contribution in [0.2, 0.25) is 0 Å². The highest BCUT2D eigenvalue weighted by atomic mass is 79.9. The first kappa shape index (κ1) is 14.6. The molecule has 21 heavy (non-hydrogen) atoms. The Morgan fingerprint density at radius 1 is 1.14 bits per heavy atom. The zero-order chi connectivity index (χ0) is 15.4. The molecule has 2 nitrogen and oxygen atoms in total. The number of rotatable bonds is 1. The summed E-state index contributed by atoms with van der Waals surface area (Å²) in [5, 5.41) is 0. The molecule has 0 unspecified atom stereocenters. The van der Waals surface area contributed by atoms with Crippen molar-refractivity contribution >= 4 is 21.7 Å². The molecule has 0 bridgehead atoms. The second kappa shape index (κ2) is 4.84. The van der Waals surface area contributed by atoms with Gasteiger partial charge in [-0.3, -0.25) is 4.79 Å². The molecule has 110 valence electrons. The van der Waals surface area contributed by atoms with Crippen molar-refractivity contribution in [2.24, 2.45) is 5.41 Å². The van der Waals surface area contributed by atoms with Crippen LogP contribution in [0.3, 0.4) is 0 Å². The van der Waals surface area contributed by atoms with Gasteiger partial charge in [-0.25, -0.2) is 0 Å². The Kier molecular flexibility index (Phi) is 3.36. The van der Waals surface area contributed by atoms with Gasteiger partial charge < -0.3 is 4.57 Å². The summed E-state index contributed by atoms with van der Waals surface area (Å²) >= 11 is 3.55. The van der Waals surface area contributed by atoms with Crippen molar-refractivity contribution in [3.63, 3.8) is 0 Å². The van der Waals surface area contributed by atoms with E-state index in [-0.39, 0.29) is 11.2 Å². The fourth-order valence-electron chi connectivity index (χ4n) is 3.44. The van der Waals surface area contributed by atoms with Crippen LogP contribution in [-0.4, -0.2) is 10.4 Å². The molecule has 0 N–H and O–H groups in total. The molecular formula is C18H20BrNO. The second-order valence-electron chi connectivity index (χ2n) is 6.88. The summed E-state index contributed by atoms with van der Waals surface area (Å²) in [4.78, 5) is 12.3. The SMILES string of the molecule is Cc1cc(Br)cc(C)c1-n1ccc2c1CC(C)(C)CC2=O. The minimum absolute atomic E-state index is 0.0390. The molecule has 0 saturated carbocycles. The molecule has 0 saturated heterocycles. The predicted molar refractivity (Wildman–Crippen MR) is 89.4 cm³/mol. The van der Waals surface area contributed by atoms with Crippen LogP contribution in [0.15, 0.2) is 28.9 Å². The van der Waals surface area contributed by atoms with E-state index in [1.807, 2.05) is 12.3 Å². The van der Waals surface area contributed by atoms with Gasteiger partial charge in [0.05, 0.1) is 5.69 Å². The summed E-state index contributed by atoms with van der Waals surface area (Å²) in [7, 11) is 0. The minimum atomic E-state index is 0.0390. The number of Topliss-reactive ketones (excluding diaryl/α,β-unsaturated/α-hetero) is 1. The van der Waals surface area contributed by atoms with Crippen molar-refractivity contribution in [2.75, 3.05) is 0 Å². The topological polar surface area (TPSA) is 22.0 Å². The monoisotopic (exact) mass is 345 g/mol. The van der Waals surface area contributed by atoms with Gasteiger partial charge in [-0.05, 0) is 55.0 Å². The first-order chi connectivity index (χ1) is 9.78. The molecule has 0 atom stereocenters. The summed E-state index contributed by atoms with van der Waals surface area (Å²) < 4.78 is 3.31. The maximum Gasteiger partial charge on any atom is 0.165 e. The van der Waals surface area contributed by atoms with Crippen LogP contribution in [-0.2, 0) is 6.42 Å². The van der Waals surface area contributed by atoms with E-state index in [0.717, 1.165) is 22.2 Å². The lowest BCUT2D eigenvalue weighted by Crippen LogP contribution is -2.28. The number of benzene rings is 1. The number of aromatic nitrogens is 1. The van der Waals surface area contributed by atoms with Crippen molar-refractivity contribution in [3.05, 3.63) is 51.3 Å². The Balaban J connectivity index is 2.21. The number of hydrogen-bond donors (Lipinski definition) is 0. The van der Waals surface area contributed by atoms with Gasteiger partial charge >= 0.3 is 0 Å². The minimum Gasteiger partial charge on any atom is -0.320 e. The van der Waals surface area contributed by atoms with E-state index in [9.17, 15) is 4.79 Å². The van der Waals surface area contributed by atoms with Crippen LogP contribution >= 0.6 is 15.9 Å². The third-order valence-corrected chi connectivity index (χ3v) is 4.73. The molecule has 0 amide bonds. The predicted octanol–water partition coefficient (Wildman–Crippen LogP) is 5.01. The first-order valence-electron chi connectivity index (χ1n) is 7.29. The van der Waals surface area contributed by atoms with Crippen LogP contribution < -0.4 is 0 Å². The van der Waals surface area contributed by atoms with Gasteiger partial charge in [0.15, 0.2) is 5.78 Å². The number of nitrogens with zero attached hydrogens (tertiary/aromatic N) is 1. The molecule has 2 aromatic rings. The van der Waals surface area contributed by atoms with Crippen LogP contribution in [0.1, 0.15) is 47.4 Å². The summed E-state index contributed by atoms with van der Waals surface area (Å²) in [6.07, 6.45) is 3.63. The largest absolute Gasteiger partial charge is 0.320 e. The van der Waals surface area contributed by atoms with Crippen LogP contribution in [0.5, 0.6) is 0 Å². The van der Waals surface area contributed by atoms with Gasteiger partial charge in [-0.1, -0.05) is 29.8 Å². The Hall–Kier alpha value is -1.35. The van der Waals surface area contributed by atoms with Gasteiger partial charge in [0.2, 0.25) is 0 Å². The van der Waals surface area contributed by atoms with Crippen molar-refractivity contribution in [3.8, 4) is 5.69 Å². The molecule has 3 heteroatoms. The number of carbonyl (C=O) groups excluding carboxylic acids is 1. The lowest BCUT2D eigenvalue weighted by atomic mass is 9.76. The normalized spacial score (nSPS) is 16.9. The fourth-order valence-corrected chi connectivity index (χ4v) is 4.12. The molecule has 0 radical (unpaired) electrons. The Morgan fingerprint density at radius 2 is 1.76 bits per heavy atom. The number of hydrogen-bond acceptors (Lipinski definition) is 1. The smallest absolute Gasteiger partial charge is 0.165 e. The van der Waals surface area contributed by atoms with Gasteiger partial charge in [-0.2, -0.15) is 0 Å². The van der Waals surface area contributed by atoms with Crippen molar-refractivity contribution in [1.82, 2.24) is 4.57 Å². The van der Waals surface area contributed by atoms with Gasteiger partial charge in [0, 0.05) is 28.3 Å². The van der Waals surface area contributed by atoms with Crippen LogP contribution in [0.25, 0.3) is 5.69 Å². The van der Waals surface area contributed by atoms with Crippen molar-refractivity contribution < 1.29 is 4.79 Å². The van der Waals surface area contributed by atoms with Crippen molar-refractivity contribution in [2.45, 2.75) is 40.5 Å². The summed E-state index contributed by atoms with van der Waals surface area (Å²) in [5.41, 5.74) is 5.73. The van der Waals surface area contributed by atoms with E-state index in [1.165, 1.54) is 16.8 Å². The van der Waals surface area contributed by atoms with Gasteiger partial charge in [0.25, 0.3) is 0 Å². The average molecular weight is 346 g/mol. The average Bonchev–Trinajstić information content (AvgIpc) is 2.70. The summed E-state index contributed by atoms with van der Waals surface area (Å²) in [6.45, 7) is 8.59. The fraction of sp³-hybridized carbons (Fsp3) is 0.389. The Morgan fingerprint density at radius 3 is 2.38 bits per heavy atom. The zero-order valence-corrected chi connectivity index (χ0v) is 14.5. The van der Waals surface area contributed by atoms with Crippen LogP contribution in [0, 0.1) is 19.3 Å². The Bertz CT molecular complexity index is 717. The molecule has 0 fully saturated rings. The third-order valence-electron chi connectivity index (χ3n) is 4.27. The zero-order valence-electron chi connectivity index (χ0n) is 13.0. The number of halogens is 1. The van der Waals surface area contributed by atoms with E-state index < -0.39 is 0 Å². The van der Waals surface area contributed by atoms with E-state index in [4.69, 9.17) is 0 Å². The quantitative estimate of drug-likeness (QED) is 0.711. The molecule has 3 rings (SSSR count). The number of carbonyl (C=O) groups is 1. The molecular weight excluding hydrogens is 326 g/mol. The number of ketones is 1. The lowest BCUT2D eigenvalue weighted by Gasteiger charge is -2.30. The molecule has 1 aromatic carbocycles. The molecule has 1 aliphatic carbocycles. The highest BCUT2D eigenvalue weighted by molar-refractivity contribution is 9.10. The maximum absolute atomic E-state index is 12.3. The van der Waals surface area contributed by atoms with Crippen molar-refractivity contribution in [1.29, 1.82) is 0 Å². The second-order valence-corrected chi connectivity index (χ2v) is 7.79. The third kappa shape index (κ3) is 2.48. The molecule has 0 spiro atoms. The van der Waals surface area contributed by atoms with Gasteiger partial charge in [-0.15, -0.1) is 0 Å². The molecule has 1 heterocycles. The standard InChI is InChI=1S/C18H20BrNO/c1-11-7-13(19)8-12(2)17(11)20-6-5-14-15(20)9-18(3,4)10-16(14)21/h5-8H,9-10H2,1-4H3. The summed E-state index contributed by atoms with van der Waals surface area (Å²) in [5.74, 6) is 0.271. The van der Waals surface area contributed by atoms with E-state index in [1.54, 1.807) is 0 Å². The summed E-state index contributed by atoms with van der Waals surface area (Å²) in [6, 6.07) is 6.24. The molecule has 0 aliphatic heterocycles. The van der Waals surface area contributed by atoms with E-state index >= 15 is 0 Å². The Labute approximate surface area is 134 Å². The molecule has 1 aromatic heterocycles. The highest BCUT2D eigenvalue weighted by Gasteiger charge is 2.33. The number of aryl methyl sites for hydroxylation is 2. The maximum atomic E-state index is 12.3.